The average Bonchev–Trinajstić information content (AvgIpc) is 3.15. The molecule has 34 heavy (non-hydrogen) atoms. The number of halogens is 2. The van der Waals surface area contributed by atoms with Crippen molar-refractivity contribution in [3.63, 3.8) is 0 Å². The molecule has 5 rings (SSSR count). The van der Waals surface area contributed by atoms with Crippen molar-refractivity contribution in [2.24, 2.45) is 0 Å². The number of rotatable bonds is 7. The molecule has 0 saturated carbocycles. The van der Waals surface area contributed by atoms with E-state index in [9.17, 15) is 4.79 Å². The van der Waals surface area contributed by atoms with Crippen molar-refractivity contribution in [1.29, 1.82) is 0 Å². The first-order chi connectivity index (χ1) is 15.7. The van der Waals surface area contributed by atoms with Crippen LogP contribution >= 0.6 is 36.6 Å². The summed E-state index contributed by atoms with van der Waals surface area (Å²) in [6.07, 6.45) is 7.66. The number of thioether (sulfide) groups is 1. The van der Waals surface area contributed by atoms with Crippen LogP contribution in [0.5, 0.6) is 0 Å². The molecule has 2 aliphatic rings. The van der Waals surface area contributed by atoms with E-state index in [1.807, 2.05) is 25.1 Å². The second-order valence-corrected chi connectivity index (χ2v) is 9.85. The van der Waals surface area contributed by atoms with Crippen LogP contribution in [0, 0.1) is 6.92 Å². The zero-order chi connectivity index (χ0) is 21.9. The molecule has 0 spiro atoms. The number of carbonyl (C=O) groups excluding carboxylic acids is 1. The molecule has 2 aliphatic heterocycles. The Morgan fingerprint density at radius 3 is 2.59 bits per heavy atom. The fraction of sp³-hybridized carbons (Fsp3) is 0.385. The Morgan fingerprint density at radius 2 is 1.82 bits per heavy atom. The predicted molar refractivity (Wildman–Crippen MR) is 145 cm³/mol. The number of imidazole rings is 1. The lowest BCUT2D eigenvalue weighted by molar-refractivity contribution is -0.117. The number of nitrogens with one attached hydrogen (secondary N) is 1. The molecule has 3 aromatic rings. The summed E-state index contributed by atoms with van der Waals surface area (Å²) in [5, 5.41) is 4.34. The summed E-state index contributed by atoms with van der Waals surface area (Å²) in [6, 6.07) is 17.1. The number of nitrogens with zero attached hydrogens (tertiary/aromatic N) is 3. The maximum atomic E-state index is 13.0. The molecular formula is C26H32Cl2N4OS. The lowest BCUT2D eigenvalue weighted by atomic mass is 10.0. The van der Waals surface area contributed by atoms with Gasteiger partial charge in [-0.1, -0.05) is 48.2 Å². The van der Waals surface area contributed by atoms with Gasteiger partial charge in [-0.3, -0.25) is 9.20 Å². The van der Waals surface area contributed by atoms with Crippen LogP contribution in [0.15, 0.2) is 58.5 Å². The molecule has 0 radical (unpaired) electrons. The number of unbranched alkanes of at least 4 members (excludes halogenated alkanes) is 1. The van der Waals surface area contributed by atoms with Gasteiger partial charge in [0.05, 0.1) is 21.3 Å². The summed E-state index contributed by atoms with van der Waals surface area (Å²) >= 11 is 1.53. The van der Waals surface area contributed by atoms with Crippen molar-refractivity contribution in [1.82, 2.24) is 19.6 Å². The Balaban J connectivity index is 0.00000162. The molecule has 1 fully saturated rings. The maximum absolute atomic E-state index is 13.0. The standard InChI is InChI=1S/C26H30N4OS.2ClH/c1-19-22-18-23(32-25-12-7-11-24(27-19)30(22)25)26(31)28-21-13-16-29(17-14-21)15-6-5-10-20-8-3-2-4-9-20;;/h2-4,7-9,11-12,18,21H,5-6,10,13-17H2,1H3,(H,28,31);2*1H. The van der Waals surface area contributed by atoms with Gasteiger partial charge in [-0.15, -0.1) is 24.8 Å². The van der Waals surface area contributed by atoms with Crippen molar-refractivity contribution < 1.29 is 4.79 Å². The van der Waals surface area contributed by atoms with Gasteiger partial charge in [0, 0.05) is 19.1 Å². The van der Waals surface area contributed by atoms with Crippen LogP contribution in [0.25, 0.3) is 11.7 Å². The molecule has 5 nitrogen and oxygen atoms in total. The van der Waals surface area contributed by atoms with E-state index in [4.69, 9.17) is 0 Å². The number of hydrogen-bond acceptors (Lipinski definition) is 4. The molecule has 4 heterocycles. The molecule has 0 unspecified atom stereocenters. The van der Waals surface area contributed by atoms with Crippen molar-refractivity contribution in [2.45, 2.75) is 50.1 Å². The zero-order valence-electron chi connectivity index (χ0n) is 19.4. The summed E-state index contributed by atoms with van der Waals surface area (Å²) in [4.78, 5) is 20.9. The second-order valence-electron chi connectivity index (χ2n) is 8.78. The van der Waals surface area contributed by atoms with E-state index in [-0.39, 0.29) is 36.8 Å². The van der Waals surface area contributed by atoms with Gasteiger partial charge in [-0.25, -0.2) is 4.98 Å². The molecule has 182 valence electrons. The Labute approximate surface area is 218 Å². The molecule has 0 bridgehead atoms. The summed E-state index contributed by atoms with van der Waals surface area (Å²) in [7, 11) is 0. The lowest BCUT2D eigenvalue weighted by Crippen LogP contribution is -2.45. The molecule has 1 amide bonds. The van der Waals surface area contributed by atoms with E-state index in [0.717, 1.165) is 65.9 Å². The Morgan fingerprint density at radius 1 is 1.06 bits per heavy atom. The van der Waals surface area contributed by atoms with E-state index in [2.05, 4.69) is 56.0 Å². The number of hydrogen-bond donors (Lipinski definition) is 1. The molecule has 1 N–H and O–H groups in total. The molecule has 1 aromatic carbocycles. The van der Waals surface area contributed by atoms with Crippen LogP contribution in [0.2, 0.25) is 0 Å². The van der Waals surface area contributed by atoms with Gasteiger partial charge in [0.15, 0.2) is 0 Å². The quantitative estimate of drug-likeness (QED) is 0.417. The fourth-order valence-electron chi connectivity index (χ4n) is 4.69. The highest BCUT2D eigenvalue weighted by Gasteiger charge is 2.25. The number of aromatic nitrogens is 2. The maximum Gasteiger partial charge on any atom is 0.258 e. The molecule has 0 atom stereocenters. The van der Waals surface area contributed by atoms with Gasteiger partial charge >= 0.3 is 0 Å². The average molecular weight is 520 g/mol. The van der Waals surface area contributed by atoms with Gasteiger partial charge in [0.25, 0.3) is 5.91 Å². The van der Waals surface area contributed by atoms with Crippen LogP contribution in [0.1, 0.15) is 42.6 Å². The van der Waals surface area contributed by atoms with E-state index < -0.39 is 0 Å². The van der Waals surface area contributed by atoms with Gasteiger partial charge in [0.2, 0.25) is 0 Å². The Bertz CT molecular complexity index is 1140. The summed E-state index contributed by atoms with van der Waals surface area (Å²) < 4.78 is 2.13. The number of pyridine rings is 1. The van der Waals surface area contributed by atoms with Crippen LogP contribution in [-0.4, -0.2) is 45.9 Å². The predicted octanol–water partition coefficient (Wildman–Crippen LogP) is 5.54. The molecule has 1 saturated heterocycles. The monoisotopic (exact) mass is 518 g/mol. The lowest BCUT2D eigenvalue weighted by Gasteiger charge is -2.32. The SMILES string of the molecule is Cc1nc2cccc3n2c1C=C(C(=O)NC1CCN(CCCCc2ccccc2)CC1)S3.Cl.Cl. The van der Waals surface area contributed by atoms with Crippen LogP contribution in [0.3, 0.4) is 0 Å². The minimum absolute atomic E-state index is 0. The zero-order valence-corrected chi connectivity index (χ0v) is 21.9. The highest BCUT2D eigenvalue weighted by atomic mass is 35.5. The third-order valence-electron chi connectivity index (χ3n) is 6.49. The van der Waals surface area contributed by atoms with Gasteiger partial charge in [0.1, 0.15) is 5.65 Å². The number of amides is 1. The van der Waals surface area contributed by atoms with Crippen LogP contribution < -0.4 is 5.32 Å². The summed E-state index contributed by atoms with van der Waals surface area (Å²) in [6.45, 7) is 5.28. The third-order valence-corrected chi connectivity index (χ3v) is 7.54. The largest absolute Gasteiger partial charge is 0.349 e. The fourth-order valence-corrected chi connectivity index (χ4v) is 5.67. The minimum Gasteiger partial charge on any atom is -0.349 e. The minimum atomic E-state index is 0. The second kappa shape index (κ2) is 12.1. The van der Waals surface area contributed by atoms with E-state index >= 15 is 0 Å². The molecule has 2 aromatic heterocycles. The Kier molecular flexibility index (Phi) is 9.48. The summed E-state index contributed by atoms with van der Waals surface area (Å²) in [5.74, 6) is 0.0418. The van der Waals surface area contributed by atoms with Crippen molar-refractivity contribution >= 4 is 54.2 Å². The van der Waals surface area contributed by atoms with Gasteiger partial charge < -0.3 is 10.2 Å². The topological polar surface area (TPSA) is 49.6 Å². The van der Waals surface area contributed by atoms with Gasteiger partial charge in [-0.2, -0.15) is 0 Å². The first-order valence-corrected chi connectivity index (χ1v) is 12.4. The van der Waals surface area contributed by atoms with Crippen molar-refractivity contribution in [2.75, 3.05) is 19.6 Å². The summed E-state index contributed by atoms with van der Waals surface area (Å²) in [5.41, 5.74) is 4.35. The van der Waals surface area contributed by atoms with E-state index in [0.29, 0.717) is 0 Å². The van der Waals surface area contributed by atoms with Crippen LogP contribution in [0.4, 0.5) is 0 Å². The molecule has 0 aliphatic carbocycles. The van der Waals surface area contributed by atoms with E-state index in [1.54, 1.807) is 0 Å². The van der Waals surface area contributed by atoms with Crippen molar-refractivity contribution in [3.8, 4) is 0 Å². The number of benzene rings is 1. The molecular weight excluding hydrogens is 487 g/mol. The molecule has 8 heteroatoms. The van der Waals surface area contributed by atoms with E-state index in [1.165, 1.54) is 30.2 Å². The van der Waals surface area contributed by atoms with Gasteiger partial charge in [-0.05, 0) is 69.3 Å². The van der Waals surface area contributed by atoms with Crippen molar-refractivity contribution in [3.05, 3.63) is 70.4 Å². The first-order valence-electron chi connectivity index (χ1n) is 11.6. The first kappa shape index (κ1) is 26.6. The smallest absolute Gasteiger partial charge is 0.258 e. The highest BCUT2D eigenvalue weighted by Crippen LogP contribution is 2.35. The number of piperidine rings is 1. The normalized spacial score (nSPS) is 15.9. The third kappa shape index (κ3) is 5.98. The van der Waals surface area contributed by atoms with Crippen LogP contribution in [-0.2, 0) is 11.2 Å². The Hall–Kier alpha value is -1.99. The number of likely N-dealkylation sites (tertiary alicyclic amines) is 1. The number of carbonyl (C=O) groups is 1. The number of aryl methyl sites for hydroxylation is 2. The highest BCUT2D eigenvalue weighted by molar-refractivity contribution is 8.04.